The maximum absolute atomic E-state index is 12.8. The number of ether oxygens (including phenoxy) is 1. The number of carboxylic acids is 1. The summed E-state index contributed by atoms with van der Waals surface area (Å²) >= 11 is 0. The number of alkyl halides is 3. The van der Waals surface area contributed by atoms with Crippen molar-refractivity contribution in [1.29, 1.82) is 0 Å². The van der Waals surface area contributed by atoms with Gasteiger partial charge < -0.3 is 19.6 Å². The highest BCUT2D eigenvalue weighted by Crippen LogP contribution is 2.29. The zero-order valence-corrected chi connectivity index (χ0v) is 22.9. The fourth-order valence-electron chi connectivity index (χ4n) is 4.21. The van der Waals surface area contributed by atoms with Crippen molar-refractivity contribution in [2.45, 2.75) is 38.9 Å². The van der Waals surface area contributed by atoms with Crippen molar-refractivity contribution in [2.24, 2.45) is 0 Å². The topological polar surface area (TPSA) is 102 Å². The minimum absolute atomic E-state index is 0.0574. The Labute approximate surface area is 240 Å². The summed E-state index contributed by atoms with van der Waals surface area (Å²) in [6.45, 7) is 3.75. The van der Waals surface area contributed by atoms with Crippen molar-refractivity contribution < 1.29 is 37.0 Å². The van der Waals surface area contributed by atoms with Crippen molar-refractivity contribution in [3.63, 3.8) is 0 Å². The number of rotatable bonds is 12. The number of hydrogen-bond acceptors (Lipinski definition) is 6. The number of benzene rings is 3. The van der Waals surface area contributed by atoms with E-state index in [1.165, 1.54) is 6.92 Å². The standard InChI is InChI=1S/C32H29F3N2O5/c1-20(18-29(38)23-10-12-25(13-11-23)32(33,34)35)36-28(31(39)40)19-22-8-14-26(15-9-22)41-17-16-27-21(2)42-30(37-27)24-6-4-3-5-7-24/h3-15,18,28,36H,16-17,19H2,1-2H3,(H,39,40)/b20-18-. The number of oxazole rings is 1. The van der Waals surface area contributed by atoms with Crippen LogP contribution in [0.5, 0.6) is 5.75 Å². The number of nitrogens with zero attached hydrogens (tertiary/aromatic N) is 1. The predicted molar refractivity (Wildman–Crippen MR) is 150 cm³/mol. The normalized spacial score (nSPS) is 12.5. The molecule has 0 fully saturated rings. The lowest BCUT2D eigenvalue weighted by Gasteiger charge is -2.16. The number of halogens is 3. The first-order chi connectivity index (χ1) is 20.0. The van der Waals surface area contributed by atoms with Gasteiger partial charge in [-0.05, 0) is 55.8 Å². The van der Waals surface area contributed by atoms with Gasteiger partial charge in [0, 0.05) is 35.7 Å². The van der Waals surface area contributed by atoms with Crippen LogP contribution in [0.15, 0.2) is 95.1 Å². The van der Waals surface area contributed by atoms with Gasteiger partial charge in [0.05, 0.1) is 17.9 Å². The molecular formula is C32H29F3N2O5. The van der Waals surface area contributed by atoms with Gasteiger partial charge in [0.15, 0.2) is 5.78 Å². The Morgan fingerprint density at radius 3 is 2.31 bits per heavy atom. The predicted octanol–water partition coefficient (Wildman–Crippen LogP) is 6.66. The highest BCUT2D eigenvalue weighted by molar-refractivity contribution is 6.04. The molecule has 10 heteroatoms. The Bertz CT molecular complexity index is 1540. The summed E-state index contributed by atoms with van der Waals surface area (Å²) in [7, 11) is 0. The summed E-state index contributed by atoms with van der Waals surface area (Å²) in [5.74, 6) is 0.231. The molecule has 1 atom stereocenters. The van der Waals surface area contributed by atoms with Crippen LogP contribution in [0.1, 0.15) is 39.9 Å². The Hall–Kier alpha value is -4.86. The quantitative estimate of drug-likeness (QED) is 0.143. The fourth-order valence-corrected chi connectivity index (χ4v) is 4.21. The smallest absolute Gasteiger partial charge is 0.416 e. The van der Waals surface area contributed by atoms with Gasteiger partial charge in [0.25, 0.3) is 0 Å². The number of aromatic nitrogens is 1. The van der Waals surface area contributed by atoms with Gasteiger partial charge in [-0.15, -0.1) is 0 Å². The zero-order chi connectivity index (χ0) is 30.3. The van der Waals surface area contributed by atoms with Gasteiger partial charge in [-0.25, -0.2) is 9.78 Å². The van der Waals surface area contributed by atoms with Crippen molar-refractivity contribution in [1.82, 2.24) is 10.3 Å². The zero-order valence-electron chi connectivity index (χ0n) is 22.9. The summed E-state index contributed by atoms with van der Waals surface area (Å²) < 4.78 is 49.9. The molecule has 0 aliphatic rings. The molecule has 0 amide bonds. The molecule has 0 bridgehead atoms. The molecule has 1 heterocycles. The van der Waals surface area contributed by atoms with Crippen LogP contribution in [-0.2, 0) is 23.8 Å². The third-order valence-electron chi connectivity index (χ3n) is 6.43. The highest BCUT2D eigenvalue weighted by Gasteiger charge is 2.30. The lowest BCUT2D eigenvalue weighted by molar-refractivity contribution is -0.139. The van der Waals surface area contributed by atoms with Crippen LogP contribution in [0, 0.1) is 6.92 Å². The Kier molecular flexibility index (Phi) is 9.46. The third-order valence-corrected chi connectivity index (χ3v) is 6.43. The lowest BCUT2D eigenvalue weighted by Crippen LogP contribution is -2.37. The SMILES string of the molecule is C/C(=C/C(=O)c1ccc(C(F)(F)F)cc1)NC(Cc1ccc(OCCc2nc(-c3ccccc3)oc2C)cc1)C(=O)O. The fraction of sp³-hybridized carbons (Fsp3) is 0.219. The van der Waals surface area contributed by atoms with Crippen LogP contribution in [0.4, 0.5) is 13.2 Å². The van der Waals surface area contributed by atoms with Gasteiger partial charge in [0.1, 0.15) is 17.6 Å². The molecule has 0 spiro atoms. The van der Waals surface area contributed by atoms with Crippen LogP contribution in [0.2, 0.25) is 0 Å². The van der Waals surface area contributed by atoms with E-state index in [9.17, 15) is 27.9 Å². The maximum Gasteiger partial charge on any atom is 0.416 e. The van der Waals surface area contributed by atoms with E-state index in [4.69, 9.17) is 9.15 Å². The van der Waals surface area contributed by atoms with Crippen LogP contribution < -0.4 is 10.1 Å². The molecule has 2 N–H and O–H groups in total. The summed E-state index contributed by atoms with van der Waals surface area (Å²) in [6.07, 6.45) is -2.67. The molecule has 0 saturated heterocycles. The molecule has 7 nitrogen and oxygen atoms in total. The average Bonchev–Trinajstić information content (AvgIpc) is 3.33. The van der Waals surface area contributed by atoms with E-state index in [1.54, 1.807) is 24.3 Å². The van der Waals surface area contributed by atoms with E-state index < -0.39 is 29.5 Å². The van der Waals surface area contributed by atoms with Crippen LogP contribution in [0.25, 0.3) is 11.5 Å². The highest BCUT2D eigenvalue weighted by atomic mass is 19.4. The van der Waals surface area contributed by atoms with Crippen molar-refractivity contribution in [3.05, 3.63) is 119 Å². The van der Waals surface area contributed by atoms with Crippen molar-refractivity contribution in [3.8, 4) is 17.2 Å². The molecular weight excluding hydrogens is 549 g/mol. The first-order valence-electron chi connectivity index (χ1n) is 13.1. The minimum Gasteiger partial charge on any atom is -0.493 e. The summed E-state index contributed by atoms with van der Waals surface area (Å²) in [4.78, 5) is 28.9. The van der Waals surface area contributed by atoms with E-state index >= 15 is 0 Å². The third kappa shape index (κ3) is 8.09. The largest absolute Gasteiger partial charge is 0.493 e. The molecule has 0 aliphatic carbocycles. The number of carboxylic acid groups (broad SMARTS) is 1. The van der Waals surface area contributed by atoms with Crippen LogP contribution >= 0.6 is 0 Å². The number of allylic oxidation sites excluding steroid dienone is 2. The van der Waals surface area contributed by atoms with Gasteiger partial charge in [-0.3, -0.25) is 4.79 Å². The Morgan fingerprint density at radius 1 is 1.02 bits per heavy atom. The van der Waals surface area contributed by atoms with E-state index in [0.29, 0.717) is 24.7 Å². The number of hydrogen-bond donors (Lipinski definition) is 2. The van der Waals surface area contributed by atoms with Gasteiger partial charge >= 0.3 is 12.1 Å². The Balaban J connectivity index is 1.30. The first kappa shape index (κ1) is 30.1. The number of carbonyl (C=O) groups excluding carboxylic acids is 1. The molecule has 3 aromatic carbocycles. The number of ketones is 1. The van der Waals surface area contributed by atoms with E-state index in [1.807, 2.05) is 37.3 Å². The number of aryl methyl sites for hydroxylation is 1. The number of aliphatic carboxylic acids is 1. The Morgan fingerprint density at radius 2 is 1.69 bits per heavy atom. The second-order valence-corrected chi connectivity index (χ2v) is 9.64. The average molecular weight is 579 g/mol. The molecule has 4 aromatic rings. The summed E-state index contributed by atoms with van der Waals surface area (Å²) in [5.41, 5.74) is 1.90. The van der Waals surface area contributed by atoms with E-state index in [2.05, 4.69) is 10.3 Å². The molecule has 42 heavy (non-hydrogen) atoms. The van der Waals surface area contributed by atoms with Crippen LogP contribution in [-0.4, -0.2) is 34.5 Å². The van der Waals surface area contributed by atoms with E-state index in [0.717, 1.165) is 52.9 Å². The first-order valence-corrected chi connectivity index (χ1v) is 13.1. The molecule has 4 rings (SSSR count). The molecule has 218 valence electrons. The number of nitrogens with one attached hydrogen (secondary N) is 1. The van der Waals surface area contributed by atoms with E-state index in [-0.39, 0.29) is 17.7 Å². The number of carbonyl (C=O) groups is 2. The van der Waals surface area contributed by atoms with Crippen molar-refractivity contribution >= 4 is 11.8 Å². The molecule has 0 aliphatic heterocycles. The molecule has 1 aromatic heterocycles. The summed E-state index contributed by atoms with van der Waals surface area (Å²) in [5, 5.41) is 12.5. The van der Waals surface area contributed by atoms with Gasteiger partial charge in [-0.2, -0.15) is 13.2 Å². The maximum atomic E-state index is 12.8. The second kappa shape index (κ2) is 13.2. The van der Waals surface area contributed by atoms with Gasteiger partial charge in [-0.1, -0.05) is 42.5 Å². The monoisotopic (exact) mass is 578 g/mol. The molecule has 0 radical (unpaired) electrons. The minimum atomic E-state index is -4.50. The van der Waals surface area contributed by atoms with Crippen LogP contribution in [0.3, 0.4) is 0 Å². The van der Waals surface area contributed by atoms with Gasteiger partial charge in [0.2, 0.25) is 5.89 Å². The molecule has 1 unspecified atom stereocenters. The molecule has 0 saturated carbocycles. The lowest BCUT2D eigenvalue weighted by atomic mass is 10.0. The van der Waals surface area contributed by atoms with Crippen molar-refractivity contribution in [2.75, 3.05) is 6.61 Å². The second-order valence-electron chi connectivity index (χ2n) is 9.64. The summed E-state index contributed by atoms with van der Waals surface area (Å²) in [6, 6.07) is 19.4.